The number of anilines is 1. The largest absolute Gasteiger partial charge is 0.369 e. The van der Waals surface area contributed by atoms with Gasteiger partial charge in [-0.3, -0.25) is 0 Å². The molecule has 1 atom stereocenters. The fourth-order valence-corrected chi connectivity index (χ4v) is 2.85. The zero-order chi connectivity index (χ0) is 16.9. The third kappa shape index (κ3) is 4.38. The lowest BCUT2D eigenvalue weighted by molar-refractivity contribution is 0.237. The van der Waals surface area contributed by atoms with Gasteiger partial charge < -0.3 is 20.1 Å². The van der Waals surface area contributed by atoms with Crippen LogP contribution in [0, 0.1) is 6.92 Å². The molecule has 2 amide bonds. The summed E-state index contributed by atoms with van der Waals surface area (Å²) in [5.41, 5.74) is 1.12. The highest BCUT2D eigenvalue weighted by atomic mass is 35.5. The van der Waals surface area contributed by atoms with Crippen LogP contribution in [0.2, 0.25) is 5.02 Å². The summed E-state index contributed by atoms with van der Waals surface area (Å²) in [6.07, 6.45) is 1.44. The number of amides is 2. The predicted octanol–water partition coefficient (Wildman–Crippen LogP) is 2.15. The van der Waals surface area contributed by atoms with Crippen LogP contribution >= 0.6 is 11.6 Å². The van der Waals surface area contributed by atoms with Crippen molar-refractivity contribution in [2.24, 2.45) is 0 Å². The molecule has 128 valence electrons. The van der Waals surface area contributed by atoms with Crippen LogP contribution in [-0.4, -0.2) is 41.8 Å². The second kappa shape index (κ2) is 7.53. The molecule has 2 N–H and O–H groups in total. The minimum absolute atomic E-state index is 0.131. The highest BCUT2D eigenvalue weighted by molar-refractivity contribution is 6.30. The van der Waals surface area contributed by atoms with E-state index in [-0.39, 0.29) is 12.1 Å². The Morgan fingerprint density at radius 2 is 2.21 bits per heavy atom. The summed E-state index contributed by atoms with van der Waals surface area (Å²) in [7, 11) is 0. The van der Waals surface area contributed by atoms with Gasteiger partial charge in [0.15, 0.2) is 5.82 Å². The number of nitrogens with zero attached hydrogens (tertiary/aromatic N) is 3. The number of hydrogen-bond acceptors (Lipinski definition) is 5. The molecule has 0 spiro atoms. The van der Waals surface area contributed by atoms with E-state index in [1.165, 1.54) is 0 Å². The van der Waals surface area contributed by atoms with Gasteiger partial charge in [0, 0.05) is 42.8 Å². The molecule has 2 aromatic rings. The van der Waals surface area contributed by atoms with Gasteiger partial charge in [-0.25, -0.2) is 4.79 Å². The van der Waals surface area contributed by atoms with Crippen molar-refractivity contribution in [3.8, 4) is 0 Å². The van der Waals surface area contributed by atoms with Crippen LogP contribution in [0.4, 0.5) is 10.5 Å². The lowest BCUT2D eigenvalue weighted by atomic mass is 10.3. The van der Waals surface area contributed by atoms with Crippen molar-refractivity contribution in [1.82, 2.24) is 20.8 Å². The molecule has 3 rings (SSSR count). The van der Waals surface area contributed by atoms with Gasteiger partial charge in [0.1, 0.15) is 0 Å². The Hall–Kier alpha value is -2.28. The summed E-state index contributed by atoms with van der Waals surface area (Å²) >= 11 is 5.91. The van der Waals surface area contributed by atoms with Crippen LogP contribution in [0.25, 0.3) is 0 Å². The first-order valence-electron chi connectivity index (χ1n) is 7.94. The second-order valence-electron chi connectivity index (χ2n) is 5.79. The summed E-state index contributed by atoms with van der Waals surface area (Å²) in [5.74, 6) is 1.13. The Morgan fingerprint density at radius 1 is 1.42 bits per heavy atom. The van der Waals surface area contributed by atoms with Crippen molar-refractivity contribution in [2.75, 3.05) is 24.5 Å². The monoisotopic (exact) mass is 349 g/mol. The maximum absolute atomic E-state index is 12.0. The number of nitrogens with one attached hydrogen (secondary N) is 2. The van der Waals surface area contributed by atoms with E-state index in [4.69, 9.17) is 16.1 Å². The number of carbonyl (C=O) groups is 1. The number of aromatic nitrogens is 2. The van der Waals surface area contributed by atoms with Gasteiger partial charge in [-0.05, 0) is 37.6 Å². The van der Waals surface area contributed by atoms with Gasteiger partial charge in [0.05, 0.1) is 0 Å². The quantitative estimate of drug-likeness (QED) is 0.864. The van der Waals surface area contributed by atoms with Gasteiger partial charge in [0.2, 0.25) is 5.89 Å². The van der Waals surface area contributed by atoms with Gasteiger partial charge >= 0.3 is 6.03 Å². The molecule has 1 aromatic carbocycles. The Kier molecular flexibility index (Phi) is 5.20. The van der Waals surface area contributed by atoms with E-state index in [1.807, 2.05) is 24.3 Å². The van der Waals surface area contributed by atoms with Crippen molar-refractivity contribution in [2.45, 2.75) is 25.8 Å². The molecule has 2 heterocycles. The molecule has 1 aromatic heterocycles. The number of rotatable bonds is 5. The molecule has 0 aliphatic carbocycles. The van der Waals surface area contributed by atoms with Gasteiger partial charge in [-0.1, -0.05) is 16.8 Å². The van der Waals surface area contributed by atoms with Crippen molar-refractivity contribution in [3.63, 3.8) is 0 Å². The Balaban J connectivity index is 1.40. The summed E-state index contributed by atoms with van der Waals surface area (Å²) in [6, 6.07) is 7.71. The third-order valence-electron chi connectivity index (χ3n) is 3.91. The summed E-state index contributed by atoms with van der Waals surface area (Å²) < 4.78 is 5.00. The Morgan fingerprint density at radius 3 is 2.92 bits per heavy atom. The van der Waals surface area contributed by atoms with Gasteiger partial charge in [0.25, 0.3) is 0 Å². The highest BCUT2D eigenvalue weighted by Gasteiger charge is 2.24. The maximum atomic E-state index is 12.0. The molecular weight excluding hydrogens is 330 g/mol. The van der Waals surface area contributed by atoms with E-state index >= 15 is 0 Å². The lowest BCUT2D eigenvalue weighted by Gasteiger charge is -2.19. The molecule has 0 radical (unpaired) electrons. The maximum Gasteiger partial charge on any atom is 0.315 e. The first-order valence-corrected chi connectivity index (χ1v) is 8.32. The van der Waals surface area contributed by atoms with Crippen molar-refractivity contribution in [3.05, 3.63) is 41.0 Å². The lowest BCUT2D eigenvalue weighted by Crippen LogP contribution is -2.43. The number of hydrogen-bond donors (Lipinski definition) is 2. The van der Waals surface area contributed by atoms with Crippen molar-refractivity contribution in [1.29, 1.82) is 0 Å². The molecular formula is C16H20ClN5O2. The zero-order valence-corrected chi connectivity index (χ0v) is 14.2. The van der Waals surface area contributed by atoms with E-state index in [0.29, 0.717) is 24.7 Å². The van der Waals surface area contributed by atoms with E-state index in [9.17, 15) is 4.79 Å². The first-order chi connectivity index (χ1) is 11.6. The zero-order valence-electron chi connectivity index (χ0n) is 13.5. The number of halogens is 1. The van der Waals surface area contributed by atoms with Crippen molar-refractivity contribution < 1.29 is 9.32 Å². The minimum Gasteiger partial charge on any atom is -0.369 e. The standard InChI is InChI=1S/C16H20ClN5O2/c1-11-19-15(24-21-11)6-8-18-16(23)20-13-7-9-22(10-13)14-4-2-12(17)3-5-14/h2-5,13H,6-10H2,1H3,(H2,18,20,23). The molecule has 0 saturated carbocycles. The van der Waals surface area contributed by atoms with E-state index in [2.05, 4.69) is 25.7 Å². The summed E-state index contributed by atoms with van der Waals surface area (Å²) in [5, 5.41) is 10.2. The van der Waals surface area contributed by atoms with E-state index < -0.39 is 0 Å². The fraction of sp³-hybridized carbons (Fsp3) is 0.438. The predicted molar refractivity (Wildman–Crippen MR) is 91.3 cm³/mol. The average molecular weight is 350 g/mol. The molecule has 8 heteroatoms. The highest BCUT2D eigenvalue weighted by Crippen LogP contribution is 2.22. The molecule has 1 saturated heterocycles. The first kappa shape index (κ1) is 16.6. The molecule has 7 nitrogen and oxygen atoms in total. The SMILES string of the molecule is Cc1noc(CCNC(=O)NC2CCN(c3ccc(Cl)cc3)C2)n1. The van der Waals surface area contributed by atoms with Crippen LogP contribution in [0.5, 0.6) is 0 Å². The number of carbonyl (C=O) groups excluding carboxylic acids is 1. The van der Waals surface area contributed by atoms with Gasteiger partial charge in [-0.15, -0.1) is 0 Å². The topological polar surface area (TPSA) is 83.3 Å². The minimum atomic E-state index is -0.172. The van der Waals surface area contributed by atoms with Crippen LogP contribution in [0.1, 0.15) is 18.1 Å². The Bertz CT molecular complexity index is 688. The smallest absolute Gasteiger partial charge is 0.315 e. The van der Waals surface area contributed by atoms with Crippen molar-refractivity contribution >= 4 is 23.3 Å². The molecule has 0 bridgehead atoms. The number of urea groups is 1. The molecule has 1 fully saturated rings. The van der Waals surface area contributed by atoms with Gasteiger partial charge in [-0.2, -0.15) is 4.98 Å². The molecule has 1 unspecified atom stereocenters. The number of benzene rings is 1. The third-order valence-corrected chi connectivity index (χ3v) is 4.16. The van der Waals surface area contributed by atoms with E-state index in [1.54, 1.807) is 6.92 Å². The van der Waals surface area contributed by atoms with E-state index in [0.717, 1.165) is 30.2 Å². The van der Waals surface area contributed by atoms with Crippen LogP contribution in [0.15, 0.2) is 28.8 Å². The number of aryl methyl sites for hydroxylation is 1. The molecule has 1 aliphatic heterocycles. The normalized spacial score (nSPS) is 17.1. The average Bonchev–Trinajstić information content (AvgIpc) is 3.17. The summed E-state index contributed by atoms with van der Waals surface area (Å²) in [6.45, 7) is 3.92. The molecule has 24 heavy (non-hydrogen) atoms. The fourth-order valence-electron chi connectivity index (χ4n) is 2.73. The van der Waals surface area contributed by atoms with Crippen LogP contribution in [0.3, 0.4) is 0 Å². The Labute approximate surface area is 145 Å². The molecule has 1 aliphatic rings. The van der Waals surface area contributed by atoms with Crippen LogP contribution < -0.4 is 15.5 Å². The summed E-state index contributed by atoms with van der Waals surface area (Å²) in [4.78, 5) is 18.3. The van der Waals surface area contributed by atoms with Crippen LogP contribution in [-0.2, 0) is 6.42 Å². The second-order valence-corrected chi connectivity index (χ2v) is 6.23.